The lowest BCUT2D eigenvalue weighted by atomic mass is 9.92. The predicted molar refractivity (Wildman–Crippen MR) is 58.9 cm³/mol. The molecule has 1 aromatic heterocycles. The van der Waals surface area contributed by atoms with Gasteiger partial charge in [-0.15, -0.1) is 5.10 Å². The Labute approximate surface area is 94.4 Å². The van der Waals surface area contributed by atoms with Crippen molar-refractivity contribution in [3.05, 3.63) is 5.89 Å². The van der Waals surface area contributed by atoms with Crippen LogP contribution in [0.25, 0.3) is 0 Å². The van der Waals surface area contributed by atoms with Crippen molar-refractivity contribution in [2.45, 2.75) is 44.4 Å². The van der Waals surface area contributed by atoms with Gasteiger partial charge in [0, 0.05) is 7.05 Å². The summed E-state index contributed by atoms with van der Waals surface area (Å²) in [5.41, 5.74) is 5.40. The third kappa shape index (κ3) is 2.17. The highest BCUT2D eigenvalue weighted by atomic mass is 16.4. The predicted octanol–water partition coefficient (Wildman–Crippen LogP) is 0.268. The van der Waals surface area contributed by atoms with Crippen LogP contribution in [-0.4, -0.2) is 34.5 Å². The first-order chi connectivity index (χ1) is 7.72. The van der Waals surface area contributed by atoms with Crippen molar-refractivity contribution in [2.75, 3.05) is 11.9 Å². The van der Waals surface area contributed by atoms with Gasteiger partial charge < -0.3 is 20.2 Å². The molecule has 90 valence electrons. The second-order valence-electron chi connectivity index (χ2n) is 4.21. The quantitative estimate of drug-likeness (QED) is 0.769. The Balaban J connectivity index is 2.07. The van der Waals surface area contributed by atoms with Crippen LogP contribution in [-0.2, 0) is 6.54 Å². The number of aliphatic hydroxyl groups excluding tert-OH is 1. The average molecular weight is 226 g/mol. The van der Waals surface area contributed by atoms with E-state index in [0.29, 0.717) is 11.9 Å². The maximum Gasteiger partial charge on any atom is 0.318 e. The highest BCUT2D eigenvalue weighted by Gasteiger charge is 2.29. The van der Waals surface area contributed by atoms with Crippen molar-refractivity contribution in [3.8, 4) is 0 Å². The van der Waals surface area contributed by atoms with Gasteiger partial charge in [-0.25, -0.2) is 0 Å². The molecule has 3 N–H and O–H groups in total. The molecule has 0 saturated heterocycles. The van der Waals surface area contributed by atoms with E-state index in [4.69, 9.17) is 10.2 Å². The number of aromatic nitrogens is 2. The van der Waals surface area contributed by atoms with Crippen LogP contribution in [0.15, 0.2) is 4.42 Å². The molecule has 0 amide bonds. The third-order valence-electron chi connectivity index (χ3n) is 3.12. The molecule has 1 fully saturated rings. The number of anilines is 1. The van der Waals surface area contributed by atoms with Gasteiger partial charge in [-0.1, -0.05) is 17.9 Å². The molecule has 1 saturated carbocycles. The molecule has 0 aromatic carbocycles. The van der Waals surface area contributed by atoms with E-state index in [1.165, 1.54) is 0 Å². The van der Waals surface area contributed by atoms with Crippen LogP contribution in [0, 0.1) is 0 Å². The molecule has 6 heteroatoms. The fourth-order valence-corrected chi connectivity index (χ4v) is 2.16. The van der Waals surface area contributed by atoms with Gasteiger partial charge >= 0.3 is 6.01 Å². The Morgan fingerprint density at radius 3 is 2.81 bits per heavy atom. The van der Waals surface area contributed by atoms with Crippen LogP contribution in [0.1, 0.15) is 31.6 Å². The zero-order valence-electron chi connectivity index (χ0n) is 9.46. The van der Waals surface area contributed by atoms with Gasteiger partial charge in [0.2, 0.25) is 5.89 Å². The molecular weight excluding hydrogens is 208 g/mol. The maximum atomic E-state index is 9.91. The molecule has 0 bridgehead atoms. The summed E-state index contributed by atoms with van der Waals surface area (Å²) >= 11 is 0. The summed E-state index contributed by atoms with van der Waals surface area (Å²) < 4.78 is 5.36. The van der Waals surface area contributed by atoms with Crippen LogP contribution in [0.4, 0.5) is 6.01 Å². The number of likely N-dealkylation sites (N-methyl/N-ethyl adjacent to an activating group) is 1. The molecule has 6 nitrogen and oxygen atoms in total. The van der Waals surface area contributed by atoms with E-state index >= 15 is 0 Å². The van der Waals surface area contributed by atoms with Crippen molar-refractivity contribution in [2.24, 2.45) is 5.73 Å². The van der Waals surface area contributed by atoms with E-state index in [9.17, 15) is 5.11 Å². The molecule has 2 rings (SSSR count). The first kappa shape index (κ1) is 11.3. The Hall–Kier alpha value is -1.14. The van der Waals surface area contributed by atoms with E-state index in [2.05, 4.69) is 10.2 Å². The molecule has 16 heavy (non-hydrogen) atoms. The van der Waals surface area contributed by atoms with E-state index in [1.54, 1.807) is 0 Å². The molecule has 1 heterocycles. The Morgan fingerprint density at radius 1 is 1.44 bits per heavy atom. The molecule has 1 aromatic rings. The van der Waals surface area contributed by atoms with Crippen LogP contribution in [0.2, 0.25) is 0 Å². The highest BCUT2D eigenvalue weighted by molar-refractivity contribution is 5.25. The zero-order valence-corrected chi connectivity index (χ0v) is 9.46. The average Bonchev–Trinajstić information content (AvgIpc) is 2.77. The van der Waals surface area contributed by atoms with E-state index in [1.807, 2.05) is 11.9 Å². The summed E-state index contributed by atoms with van der Waals surface area (Å²) in [6, 6.07) is 0.506. The second-order valence-corrected chi connectivity index (χ2v) is 4.21. The van der Waals surface area contributed by atoms with Crippen molar-refractivity contribution in [3.63, 3.8) is 0 Å². The third-order valence-corrected chi connectivity index (χ3v) is 3.12. The lowest BCUT2D eigenvalue weighted by Crippen LogP contribution is -2.43. The van der Waals surface area contributed by atoms with Crippen molar-refractivity contribution in [1.82, 2.24) is 10.2 Å². The summed E-state index contributed by atoms with van der Waals surface area (Å²) in [6.07, 6.45) is 3.70. The lowest BCUT2D eigenvalue weighted by molar-refractivity contribution is 0.104. The lowest BCUT2D eigenvalue weighted by Gasteiger charge is -2.33. The van der Waals surface area contributed by atoms with E-state index in [0.717, 1.165) is 25.7 Å². The SMILES string of the molecule is CN(c1nnc(CN)o1)C1CCCCC1O. The normalized spacial score (nSPS) is 25.7. The van der Waals surface area contributed by atoms with Crippen molar-refractivity contribution in [1.29, 1.82) is 0 Å². The van der Waals surface area contributed by atoms with Crippen LogP contribution < -0.4 is 10.6 Å². The first-order valence-corrected chi connectivity index (χ1v) is 5.65. The summed E-state index contributed by atoms with van der Waals surface area (Å²) in [7, 11) is 1.87. The molecule has 0 spiro atoms. The monoisotopic (exact) mass is 226 g/mol. The van der Waals surface area contributed by atoms with Crippen LogP contribution >= 0.6 is 0 Å². The van der Waals surface area contributed by atoms with Gasteiger partial charge in [0.15, 0.2) is 0 Å². The zero-order chi connectivity index (χ0) is 11.5. The minimum absolute atomic E-state index is 0.0693. The van der Waals surface area contributed by atoms with E-state index in [-0.39, 0.29) is 18.7 Å². The Morgan fingerprint density at radius 2 is 2.19 bits per heavy atom. The molecule has 2 unspecified atom stereocenters. The molecule has 2 atom stereocenters. The molecule has 0 aliphatic heterocycles. The Bertz CT molecular complexity index is 341. The highest BCUT2D eigenvalue weighted by Crippen LogP contribution is 2.25. The second kappa shape index (κ2) is 4.80. The summed E-state index contributed by atoms with van der Waals surface area (Å²) in [6.45, 7) is 0.244. The van der Waals surface area contributed by atoms with Gasteiger partial charge in [-0.2, -0.15) is 0 Å². The maximum absolute atomic E-state index is 9.91. The molecule has 1 aliphatic carbocycles. The molecule has 1 aliphatic rings. The minimum Gasteiger partial charge on any atom is -0.407 e. The van der Waals surface area contributed by atoms with Gasteiger partial charge in [-0.05, 0) is 12.8 Å². The number of nitrogens with two attached hydrogens (primary N) is 1. The number of hydrogen-bond donors (Lipinski definition) is 2. The van der Waals surface area contributed by atoms with Gasteiger partial charge in [0.25, 0.3) is 0 Å². The summed E-state index contributed by atoms with van der Waals surface area (Å²) in [5, 5.41) is 17.6. The van der Waals surface area contributed by atoms with Crippen LogP contribution in [0.3, 0.4) is 0 Å². The fraction of sp³-hybridized carbons (Fsp3) is 0.800. The molecule has 0 radical (unpaired) electrons. The summed E-state index contributed by atoms with van der Waals surface area (Å²) in [5.74, 6) is 0.423. The van der Waals surface area contributed by atoms with E-state index < -0.39 is 0 Å². The summed E-state index contributed by atoms with van der Waals surface area (Å²) in [4.78, 5) is 1.86. The van der Waals surface area contributed by atoms with Crippen LogP contribution in [0.5, 0.6) is 0 Å². The van der Waals surface area contributed by atoms with Gasteiger partial charge in [0.1, 0.15) is 0 Å². The number of rotatable bonds is 3. The fourth-order valence-electron chi connectivity index (χ4n) is 2.16. The first-order valence-electron chi connectivity index (χ1n) is 5.65. The smallest absolute Gasteiger partial charge is 0.318 e. The number of nitrogens with zero attached hydrogens (tertiary/aromatic N) is 3. The standard InChI is InChI=1S/C10H18N4O2/c1-14(7-4-2-3-5-8(7)15)10-13-12-9(6-11)16-10/h7-8,15H,2-6,11H2,1H3. The minimum atomic E-state index is -0.313. The topological polar surface area (TPSA) is 88.4 Å². The number of hydrogen-bond acceptors (Lipinski definition) is 6. The van der Waals surface area contributed by atoms with Gasteiger partial charge in [-0.3, -0.25) is 0 Å². The van der Waals surface area contributed by atoms with Gasteiger partial charge in [0.05, 0.1) is 18.7 Å². The number of aliphatic hydroxyl groups is 1. The van der Waals surface area contributed by atoms with Crippen molar-refractivity contribution < 1.29 is 9.52 Å². The molecular formula is C10H18N4O2. The van der Waals surface area contributed by atoms with Crippen molar-refractivity contribution >= 4 is 6.01 Å². The Kier molecular flexibility index (Phi) is 3.40. The largest absolute Gasteiger partial charge is 0.407 e.